The number of phenolic OH excluding ortho intramolecular Hbond substituents is 1. The number of hydrogen-bond acceptors (Lipinski definition) is 5. The van der Waals surface area contributed by atoms with Crippen molar-refractivity contribution in [3.05, 3.63) is 108 Å². The number of carboxylic acid groups (broad SMARTS) is 1. The first-order valence-corrected chi connectivity index (χ1v) is 11.9. The molecule has 3 N–H and O–H groups in total. The molecular formula is C30H25N3O4. The lowest BCUT2D eigenvalue weighted by molar-refractivity contribution is -0.111. The number of benzene rings is 4. The molecule has 0 atom stereocenters. The van der Waals surface area contributed by atoms with Crippen LogP contribution >= 0.6 is 0 Å². The third-order valence-corrected chi connectivity index (χ3v) is 6.37. The summed E-state index contributed by atoms with van der Waals surface area (Å²) in [6.45, 7) is 4.24. The number of carboxylic acids is 1. The summed E-state index contributed by atoms with van der Waals surface area (Å²) in [4.78, 5) is 26.5. The van der Waals surface area contributed by atoms with Gasteiger partial charge in [-0.1, -0.05) is 68.4 Å². The normalized spacial score (nSPS) is 13.8. The molecule has 7 nitrogen and oxygen atoms in total. The summed E-state index contributed by atoms with van der Waals surface area (Å²) in [6.07, 6.45) is 0. The standard InChI is InChI=1S/C30H25N3O4/c1-18(2)19-13-15-22(16-14-19)33-26-12-4-3-9-24(26)27(29(33)35)32-31-25-11-6-10-23(28(25)34)20-7-5-8-21(17-20)30(36)37/h3-18,31,34H,1-2H3,(H,36,37). The number of aromatic carboxylic acids is 1. The Bertz CT molecular complexity index is 1540. The molecule has 1 heterocycles. The second kappa shape index (κ2) is 9.62. The molecule has 0 fully saturated rings. The lowest BCUT2D eigenvalue weighted by Gasteiger charge is -2.18. The summed E-state index contributed by atoms with van der Waals surface area (Å²) in [7, 11) is 0. The molecular weight excluding hydrogens is 466 g/mol. The van der Waals surface area contributed by atoms with Gasteiger partial charge in [0.05, 0.1) is 16.9 Å². The van der Waals surface area contributed by atoms with Crippen LogP contribution in [0.15, 0.2) is 96.1 Å². The quantitative estimate of drug-likeness (QED) is 0.215. The predicted octanol–water partition coefficient (Wildman–Crippen LogP) is 6.38. The Morgan fingerprint density at radius 1 is 0.892 bits per heavy atom. The smallest absolute Gasteiger partial charge is 0.335 e. The van der Waals surface area contributed by atoms with Gasteiger partial charge in [-0.2, -0.15) is 5.10 Å². The number of fused-ring (bicyclic) bond motifs is 1. The molecule has 0 radical (unpaired) electrons. The van der Waals surface area contributed by atoms with Crippen molar-refractivity contribution in [3.63, 3.8) is 0 Å². The van der Waals surface area contributed by atoms with Gasteiger partial charge in [0.1, 0.15) is 5.75 Å². The molecule has 5 rings (SSSR count). The van der Waals surface area contributed by atoms with Gasteiger partial charge in [-0.3, -0.25) is 15.1 Å². The molecule has 0 saturated carbocycles. The molecule has 4 aromatic rings. The second-order valence-electron chi connectivity index (χ2n) is 9.06. The Morgan fingerprint density at radius 3 is 2.32 bits per heavy atom. The zero-order chi connectivity index (χ0) is 26.1. The van der Waals surface area contributed by atoms with Crippen LogP contribution in [0, 0.1) is 0 Å². The van der Waals surface area contributed by atoms with Crippen LogP contribution in [-0.2, 0) is 4.79 Å². The van der Waals surface area contributed by atoms with E-state index < -0.39 is 5.97 Å². The van der Waals surface area contributed by atoms with Gasteiger partial charge in [-0.05, 0) is 53.4 Å². The first-order valence-electron chi connectivity index (χ1n) is 11.9. The summed E-state index contributed by atoms with van der Waals surface area (Å²) in [5.74, 6) is -1.05. The minimum absolute atomic E-state index is 0.103. The third-order valence-electron chi connectivity index (χ3n) is 6.37. The fraction of sp³-hybridized carbons (Fsp3) is 0.100. The number of amides is 1. The van der Waals surface area contributed by atoms with Gasteiger partial charge in [0.25, 0.3) is 5.91 Å². The molecule has 184 valence electrons. The topological polar surface area (TPSA) is 102 Å². The zero-order valence-electron chi connectivity index (χ0n) is 20.3. The van der Waals surface area contributed by atoms with E-state index in [1.807, 2.05) is 48.5 Å². The van der Waals surface area contributed by atoms with E-state index in [4.69, 9.17) is 0 Å². The summed E-state index contributed by atoms with van der Waals surface area (Å²) in [5, 5.41) is 24.6. The highest BCUT2D eigenvalue weighted by Crippen LogP contribution is 2.38. The summed E-state index contributed by atoms with van der Waals surface area (Å²) < 4.78 is 0. The number of rotatable bonds is 6. The molecule has 0 spiro atoms. The first-order chi connectivity index (χ1) is 17.8. The lowest BCUT2D eigenvalue weighted by Crippen LogP contribution is -2.26. The van der Waals surface area contributed by atoms with E-state index in [1.165, 1.54) is 17.7 Å². The molecule has 1 aliphatic rings. The number of para-hydroxylation sites is 2. The highest BCUT2D eigenvalue weighted by molar-refractivity contribution is 6.55. The Balaban J connectivity index is 1.48. The second-order valence-corrected chi connectivity index (χ2v) is 9.06. The molecule has 1 aliphatic heterocycles. The number of phenols is 1. The average molecular weight is 492 g/mol. The fourth-order valence-electron chi connectivity index (χ4n) is 4.37. The van der Waals surface area contributed by atoms with Gasteiger partial charge >= 0.3 is 5.97 Å². The zero-order valence-corrected chi connectivity index (χ0v) is 20.3. The minimum Gasteiger partial charge on any atom is -0.505 e. The Morgan fingerprint density at radius 2 is 1.59 bits per heavy atom. The number of anilines is 3. The van der Waals surface area contributed by atoms with E-state index in [-0.39, 0.29) is 28.6 Å². The maximum absolute atomic E-state index is 13.5. The van der Waals surface area contributed by atoms with Crippen molar-refractivity contribution in [1.29, 1.82) is 0 Å². The van der Waals surface area contributed by atoms with Crippen LogP contribution in [0.4, 0.5) is 17.1 Å². The van der Waals surface area contributed by atoms with Crippen molar-refractivity contribution < 1.29 is 19.8 Å². The van der Waals surface area contributed by atoms with Crippen molar-refractivity contribution in [1.82, 2.24) is 0 Å². The van der Waals surface area contributed by atoms with Crippen LogP contribution in [0.5, 0.6) is 5.75 Å². The van der Waals surface area contributed by atoms with Gasteiger partial charge in [0.15, 0.2) is 5.71 Å². The number of carbonyl (C=O) groups excluding carboxylic acids is 1. The molecule has 0 unspecified atom stereocenters. The van der Waals surface area contributed by atoms with Gasteiger partial charge in [-0.25, -0.2) is 4.79 Å². The Kier molecular flexibility index (Phi) is 6.19. The summed E-state index contributed by atoms with van der Waals surface area (Å²) in [6, 6.07) is 26.7. The SMILES string of the molecule is CC(C)c1ccc(N2C(=O)C(=NNc3cccc(-c4cccc(C(=O)O)c4)c3O)c3ccccc32)cc1. The number of hydrazone groups is 1. The van der Waals surface area contributed by atoms with Crippen molar-refractivity contribution in [3.8, 4) is 16.9 Å². The van der Waals surface area contributed by atoms with E-state index in [9.17, 15) is 19.8 Å². The molecule has 0 aromatic heterocycles. The van der Waals surface area contributed by atoms with E-state index in [0.717, 1.165) is 11.4 Å². The van der Waals surface area contributed by atoms with Crippen molar-refractivity contribution >= 4 is 34.7 Å². The van der Waals surface area contributed by atoms with Crippen LogP contribution < -0.4 is 10.3 Å². The summed E-state index contributed by atoms with van der Waals surface area (Å²) >= 11 is 0. The molecule has 1 amide bonds. The number of aromatic hydroxyl groups is 1. The van der Waals surface area contributed by atoms with Gasteiger partial charge in [0.2, 0.25) is 0 Å². The van der Waals surface area contributed by atoms with E-state index in [2.05, 4.69) is 24.4 Å². The monoisotopic (exact) mass is 491 g/mol. The molecule has 4 aromatic carbocycles. The first kappa shape index (κ1) is 23.8. The maximum Gasteiger partial charge on any atom is 0.335 e. The maximum atomic E-state index is 13.5. The van der Waals surface area contributed by atoms with E-state index >= 15 is 0 Å². The molecule has 37 heavy (non-hydrogen) atoms. The lowest BCUT2D eigenvalue weighted by atomic mass is 10.0. The number of carbonyl (C=O) groups is 2. The van der Waals surface area contributed by atoms with Crippen LogP contribution in [-0.4, -0.2) is 27.8 Å². The van der Waals surface area contributed by atoms with Crippen LogP contribution in [0.25, 0.3) is 11.1 Å². The highest BCUT2D eigenvalue weighted by atomic mass is 16.4. The Labute approximate surface area is 214 Å². The van der Waals surface area contributed by atoms with Crippen LogP contribution in [0.2, 0.25) is 0 Å². The van der Waals surface area contributed by atoms with Crippen molar-refractivity contribution in [2.24, 2.45) is 5.10 Å². The van der Waals surface area contributed by atoms with E-state index in [1.54, 1.807) is 35.2 Å². The molecule has 0 bridgehead atoms. The highest BCUT2D eigenvalue weighted by Gasteiger charge is 2.35. The van der Waals surface area contributed by atoms with Crippen molar-refractivity contribution in [2.75, 3.05) is 10.3 Å². The van der Waals surface area contributed by atoms with E-state index in [0.29, 0.717) is 22.6 Å². The molecule has 7 heteroatoms. The summed E-state index contributed by atoms with van der Waals surface area (Å²) in [5.41, 5.74) is 7.80. The Hall–Kier alpha value is -4.91. The number of nitrogens with one attached hydrogen (secondary N) is 1. The molecule has 0 aliphatic carbocycles. The number of nitrogens with zero attached hydrogens (tertiary/aromatic N) is 2. The van der Waals surface area contributed by atoms with Crippen LogP contribution in [0.1, 0.15) is 41.3 Å². The number of hydrogen-bond donors (Lipinski definition) is 3. The third kappa shape index (κ3) is 4.43. The fourth-order valence-corrected chi connectivity index (χ4v) is 4.37. The van der Waals surface area contributed by atoms with Gasteiger partial charge < -0.3 is 10.2 Å². The average Bonchev–Trinajstić information content (AvgIpc) is 3.19. The molecule has 0 saturated heterocycles. The van der Waals surface area contributed by atoms with Crippen molar-refractivity contribution in [2.45, 2.75) is 19.8 Å². The largest absolute Gasteiger partial charge is 0.505 e. The van der Waals surface area contributed by atoms with Gasteiger partial charge in [0, 0.05) is 16.8 Å². The predicted molar refractivity (Wildman–Crippen MR) is 145 cm³/mol. The van der Waals surface area contributed by atoms with Gasteiger partial charge in [-0.15, -0.1) is 0 Å². The minimum atomic E-state index is -1.05. The van der Waals surface area contributed by atoms with Crippen LogP contribution in [0.3, 0.4) is 0 Å².